The van der Waals surface area contributed by atoms with Gasteiger partial charge in [0.05, 0.1) is 6.10 Å². The second kappa shape index (κ2) is 9.46. The van der Waals surface area contributed by atoms with Gasteiger partial charge in [-0.1, -0.05) is 0 Å². The van der Waals surface area contributed by atoms with E-state index in [1.54, 1.807) is 25.4 Å². The summed E-state index contributed by atoms with van der Waals surface area (Å²) < 4.78 is 21.7. The molecule has 4 heterocycles. The third kappa shape index (κ3) is 4.61. The summed E-state index contributed by atoms with van der Waals surface area (Å²) in [6, 6.07) is 7.65. The first kappa shape index (κ1) is 23.0. The van der Waals surface area contributed by atoms with Gasteiger partial charge < -0.3 is 24.8 Å². The first-order valence-electron chi connectivity index (χ1n) is 11.6. The highest BCUT2D eigenvalue weighted by Gasteiger charge is 2.37. The number of benzene rings is 1. The quantitative estimate of drug-likeness (QED) is 0.581. The van der Waals surface area contributed by atoms with E-state index in [0.717, 1.165) is 25.9 Å². The molecule has 0 radical (unpaired) electrons. The zero-order chi connectivity index (χ0) is 24.5. The summed E-state index contributed by atoms with van der Waals surface area (Å²) in [6.45, 7) is 0.835. The minimum Gasteiger partial charge on any atom is -0.374 e. The van der Waals surface area contributed by atoms with Crippen molar-refractivity contribution < 1.29 is 13.9 Å². The van der Waals surface area contributed by atoms with E-state index in [2.05, 4.69) is 20.6 Å². The van der Waals surface area contributed by atoms with Crippen LogP contribution in [-0.4, -0.2) is 46.4 Å². The minimum absolute atomic E-state index is 0.00190. The molecule has 0 spiro atoms. The molecule has 1 fully saturated rings. The lowest BCUT2D eigenvalue weighted by Crippen LogP contribution is -2.46. The SMILES string of the molecule is CN1c2c(ncnc2C(=O)NCc2cc(F)cc(-c3ccc(=O)n(C)c3)c2)NC1C1CCCCO1. The lowest BCUT2D eigenvalue weighted by molar-refractivity contribution is 0.00589. The van der Waals surface area contributed by atoms with Gasteiger partial charge in [0, 0.05) is 39.5 Å². The summed E-state index contributed by atoms with van der Waals surface area (Å²) in [5.74, 6) is -0.215. The molecule has 182 valence electrons. The van der Waals surface area contributed by atoms with Crippen LogP contribution in [0.3, 0.4) is 0 Å². The molecule has 1 saturated heterocycles. The maximum Gasteiger partial charge on any atom is 0.272 e. The molecule has 5 rings (SSSR count). The van der Waals surface area contributed by atoms with Crippen molar-refractivity contribution in [2.45, 2.75) is 38.1 Å². The molecule has 2 aliphatic rings. The number of pyridine rings is 1. The van der Waals surface area contributed by atoms with Crippen LogP contribution in [0, 0.1) is 5.82 Å². The maximum absolute atomic E-state index is 14.4. The van der Waals surface area contributed by atoms with Crippen LogP contribution in [0.5, 0.6) is 0 Å². The number of hydrogen-bond acceptors (Lipinski definition) is 7. The molecule has 2 atom stereocenters. The van der Waals surface area contributed by atoms with Gasteiger partial charge in [-0.05, 0) is 60.2 Å². The number of rotatable bonds is 5. The summed E-state index contributed by atoms with van der Waals surface area (Å²) in [4.78, 5) is 35.3. The second-order valence-corrected chi connectivity index (χ2v) is 8.92. The maximum atomic E-state index is 14.4. The van der Waals surface area contributed by atoms with Crippen LogP contribution in [0.4, 0.5) is 15.9 Å². The van der Waals surface area contributed by atoms with Crippen LogP contribution in [0.1, 0.15) is 35.3 Å². The van der Waals surface area contributed by atoms with Gasteiger partial charge in [-0.2, -0.15) is 0 Å². The third-order valence-corrected chi connectivity index (χ3v) is 6.49. The summed E-state index contributed by atoms with van der Waals surface area (Å²) in [6.07, 6.45) is 5.97. The first-order chi connectivity index (χ1) is 16.9. The topological polar surface area (TPSA) is 101 Å². The Morgan fingerprint density at radius 2 is 2.06 bits per heavy atom. The first-order valence-corrected chi connectivity index (χ1v) is 11.6. The summed E-state index contributed by atoms with van der Waals surface area (Å²) in [7, 11) is 3.54. The fourth-order valence-corrected chi connectivity index (χ4v) is 4.67. The van der Waals surface area contributed by atoms with Crippen LogP contribution >= 0.6 is 0 Å². The number of carbonyl (C=O) groups is 1. The number of aromatic nitrogens is 3. The number of nitrogens with one attached hydrogen (secondary N) is 2. The summed E-state index contributed by atoms with van der Waals surface area (Å²) >= 11 is 0. The Bertz CT molecular complexity index is 1320. The normalized spacial score (nSPS) is 19.2. The molecule has 9 nitrogen and oxygen atoms in total. The highest BCUT2D eigenvalue weighted by Crippen LogP contribution is 2.36. The predicted molar refractivity (Wildman–Crippen MR) is 130 cm³/mol. The van der Waals surface area contributed by atoms with Gasteiger partial charge in [-0.25, -0.2) is 14.4 Å². The number of carbonyl (C=O) groups excluding carboxylic acids is 1. The van der Waals surface area contributed by atoms with Crippen molar-refractivity contribution in [3.63, 3.8) is 0 Å². The molecule has 3 aromatic rings. The van der Waals surface area contributed by atoms with E-state index in [9.17, 15) is 14.0 Å². The van der Waals surface area contributed by atoms with E-state index in [-0.39, 0.29) is 36.0 Å². The molecule has 0 saturated carbocycles. The Labute approximate surface area is 202 Å². The van der Waals surface area contributed by atoms with Crippen LogP contribution in [0.25, 0.3) is 11.1 Å². The van der Waals surface area contributed by atoms with Crippen molar-refractivity contribution in [3.05, 3.63) is 70.3 Å². The zero-order valence-electron chi connectivity index (χ0n) is 19.6. The standard InChI is InChI=1S/C25H27FN6O3/c1-31-13-16(6-7-20(31)33)17-9-15(10-18(26)11-17)12-27-25(34)21-22-23(29-14-28-21)30-24(32(22)2)19-5-3-4-8-35-19/h6-7,9-11,13-14,19,24H,3-5,8,12H2,1-2H3,(H,27,34)(H,28,29,30). The molecule has 10 heteroatoms. The Balaban J connectivity index is 1.33. The van der Waals surface area contributed by atoms with E-state index in [4.69, 9.17) is 4.74 Å². The van der Waals surface area contributed by atoms with Crippen LogP contribution in [0.2, 0.25) is 0 Å². The molecular weight excluding hydrogens is 451 g/mol. The average molecular weight is 479 g/mol. The largest absolute Gasteiger partial charge is 0.374 e. The monoisotopic (exact) mass is 478 g/mol. The molecule has 2 unspecified atom stereocenters. The fraction of sp³-hybridized carbons (Fsp3) is 0.360. The number of fused-ring (bicyclic) bond motifs is 1. The molecule has 2 aromatic heterocycles. The molecule has 35 heavy (non-hydrogen) atoms. The van der Waals surface area contributed by atoms with Crippen LogP contribution in [0.15, 0.2) is 47.7 Å². The fourth-order valence-electron chi connectivity index (χ4n) is 4.67. The molecule has 2 aliphatic heterocycles. The lowest BCUT2D eigenvalue weighted by atomic mass is 10.0. The third-order valence-electron chi connectivity index (χ3n) is 6.49. The number of aryl methyl sites for hydroxylation is 1. The molecule has 2 N–H and O–H groups in total. The molecule has 1 amide bonds. The van der Waals surface area contributed by atoms with Crippen molar-refractivity contribution in [1.82, 2.24) is 19.9 Å². The van der Waals surface area contributed by atoms with E-state index in [1.807, 2.05) is 11.9 Å². The van der Waals surface area contributed by atoms with E-state index in [0.29, 0.717) is 28.2 Å². The predicted octanol–water partition coefficient (Wildman–Crippen LogP) is 2.67. The number of halogens is 1. The number of hydrogen-bond donors (Lipinski definition) is 2. The second-order valence-electron chi connectivity index (χ2n) is 8.92. The van der Waals surface area contributed by atoms with Crippen LogP contribution in [-0.2, 0) is 18.3 Å². The number of likely N-dealkylation sites (N-methyl/N-ethyl adjacent to an activating group) is 1. The lowest BCUT2D eigenvalue weighted by Gasteiger charge is -2.32. The van der Waals surface area contributed by atoms with Crippen LogP contribution < -0.4 is 21.1 Å². The molecule has 1 aromatic carbocycles. The van der Waals surface area contributed by atoms with Gasteiger partial charge in [0.15, 0.2) is 11.5 Å². The van der Waals surface area contributed by atoms with E-state index < -0.39 is 5.82 Å². The van der Waals surface area contributed by atoms with E-state index >= 15 is 0 Å². The Kier molecular flexibility index (Phi) is 6.21. The van der Waals surface area contributed by atoms with Crippen molar-refractivity contribution >= 4 is 17.4 Å². The summed E-state index contributed by atoms with van der Waals surface area (Å²) in [5.41, 5.74) is 2.63. The molecule has 0 bridgehead atoms. The Morgan fingerprint density at radius 1 is 1.20 bits per heavy atom. The summed E-state index contributed by atoms with van der Waals surface area (Å²) in [5, 5.41) is 6.21. The van der Waals surface area contributed by atoms with Crippen molar-refractivity contribution in [1.29, 1.82) is 0 Å². The average Bonchev–Trinajstić information content (AvgIpc) is 3.21. The van der Waals surface area contributed by atoms with Gasteiger partial charge in [-0.15, -0.1) is 0 Å². The number of anilines is 2. The van der Waals surface area contributed by atoms with Gasteiger partial charge in [-0.3, -0.25) is 9.59 Å². The van der Waals surface area contributed by atoms with Gasteiger partial charge in [0.2, 0.25) is 5.56 Å². The van der Waals surface area contributed by atoms with Crippen molar-refractivity contribution in [2.24, 2.45) is 7.05 Å². The van der Waals surface area contributed by atoms with Gasteiger partial charge >= 0.3 is 0 Å². The minimum atomic E-state index is -0.428. The molecule has 0 aliphatic carbocycles. The Hall–Kier alpha value is -3.79. The highest BCUT2D eigenvalue weighted by atomic mass is 19.1. The van der Waals surface area contributed by atoms with Gasteiger partial charge in [0.1, 0.15) is 24.0 Å². The number of nitrogens with zero attached hydrogens (tertiary/aromatic N) is 4. The Morgan fingerprint density at radius 3 is 2.83 bits per heavy atom. The molecular formula is C25H27FN6O3. The van der Waals surface area contributed by atoms with Gasteiger partial charge in [0.25, 0.3) is 5.91 Å². The highest BCUT2D eigenvalue weighted by molar-refractivity contribution is 6.01. The van der Waals surface area contributed by atoms with Crippen molar-refractivity contribution in [3.8, 4) is 11.1 Å². The van der Waals surface area contributed by atoms with E-state index in [1.165, 1.54) is 29.1 Å². The smallest absolute Gasteiger partial charge is 0.272 e. The zero-order valence-corrected chi connectivity index (χ0v) is 19.6. The van der Waals surface area contributed by atoms with Crippen molar-refractivity contribution in [2.75, 3.05) is 23.9 Å². The number of ether oxygens (including phenoxy) is 1. The number of amides is 1.